The van der Waals surface area contributed by atoms with Crippen molar-refractivity contribution < 1.29 is 4.74 Å². The molecule has 0 atom stereocenters. The van der Waals surface area contributed by atoms with Gasteiger partial charge in [0.25, 0.3) is 5.56 Å². The van der Waals surface area contributed by atoms with E-state index in [0.29, 0.717) is 30.8 Å². The maximum atomic E-state index is 13.2. The lowest BCUT2D eigenvalue weighted by Crippen LogP contribution is -2.38. The van der Waals surface area contributed by atoms with Gasteiger partial charge in [-0.05, 0) is 19.1 Å². The molecule has 1 aliphatic heterocycles. The van der Waals surface area contributed by atoms with E-state index in [-0.39, 0.29) is 5.56 Å². The summed E-state index contributed by atoms with van der Waals surface area (Å²) in [6.07, 6.45) is 0. The van der Waals surface area contributed by atoms with E-state index in [1.54, 1.807) is 16.3 Å². The highest BCUT2D eigenvalue weighted by molar-refractivity contribution is 5.76. The van der Waals surface area contributed by atoms with Gasteiger partial charge >= 0.3 is 0 Å². The van der Waals surface area contributed by atoms with Gasteiger partial charge in [-0.2, -0.15) is 5.10 Å². The third-order valence-electron chi connectivity index (χ3n) is 4.58. The van der Waals surface area contributed by atoms with E-state index in [2.05, 4.69) is 10.00 Å². The number of para-hydroxylation sites is 1. The molecule has 1 aliphatic rings. The van der Waals surface area contributed by atoms with Crippen molar-refractivity contribution in [2.24, 2.45) is 7.05 Å². The smallest absolute Gasteiger partial charge is 0.284 e. The van der Waals surface area contributed by atoms with Gasteiger partial charge in [-0.25, -0.2) is 4.98 Å². The van der Waals surface area contributed by atoms with Crippen molar-refractivity contribution in [1.29, 1.82) is 0 Å². The van der Waals surface area contributed by atoms with Crippen LogP contribution in [0, 0.1) is 6.92 Å². The normalized spacial score (nSPS) is 15.8. The van der Waals surface area contributed by atoms with Crippen LogP contribution in [0.3, 0.4) is 0 Å². The Hall–Kier alpha value is -2.51. The van der Waals surface area contributed by atoms with Crippen molar-refractivity contribution in [3.63, 3.8) is 0 Å². The molecule has 25 heavy (non-hydrogen) atoms. The lowest BCUT2D eigenvalue weighted by Gasteiger charge is -2.27. The third kappa shape index (κ3) is 2.85. The van der Waals surface area contributed by atoms with Crippen LogP contribution in [0.5, 0.6) is 0 Å². The van der Waals surface area contributed by atoms with E-state index in [1.165, 1.54) is 0 Å². The Morgan fingerprint density at radius 3 is 2.60 bits per heavy atom. The molecular formula is C18H21N5O2. The van der Waals surface area contributed by atoms with Gasteiger partial charge in [0.05, 0.1) is 31.1 Å². The van der Waals surface area contributed by atoms with Crippen molar-refractivity contribution in [3.05, 3.63) is 52.2 Å². The third-order valence-corrected chi connectivity index (χ3v) is 4.58. The number of fused-ring (bicyclic) bond motifs is 1. The summed E-state index contributed by atoms with van der Waals surface area (Å²) in [5.74, 6) is 0.738. The molecule has 1 aromatic carbocycles. The monoisotopic (exact) mass is 339 g/mol. The number of hydrogen-bond donors (Lipinski definition) is 0. The van der Waals surface area contributed by atoms with E-state index in [0.717, 1.165) is 30.3 Å². The maximum Gasteiger partial charge on any atom is 0.284 e. The highest BCUT2D eigenvalue weighted by atomic mass is 16.5. The Morgan fingerprint density at radius 2 is 1.88 bits per heavy atom. The van der Waals surface area contributed by atoms with Crippen LogP contribution in [-0.2, 0) is 18.3 Å². The SMILES string of the molecule is Cc1nn(C)c2c(=O)n(-c3ccccc3)c(CN3CCOCC3)nc12. The Labute approximate surface area is 145 Å². The van der Waals surface area contributed by atoms with Crippen LogP contribution >= 0.6 is 0 Å². The van der Waals surface area contributed by atoms with Crippen LogP contribution < -0.4 is 5.56 Å². The zero-order valence-corrected chi connectivity index (χ0v) is 14.5. The summed E-state index contributed by atoms with van der Waals surface area (Å²) in [7, 11) is 1.79. The van der Waals surface area contributed by atoms with Gasteiger partial charge in [0.2, 0.25) is 0 Å². The molecule has 7 heteroatoms. The lowest BCUT2D eigenvalue weighted by molar-refractivity contribution is 0.0327. The van der Waals surface area contributed by atoms with Crippen LogP contribution in [0.2, 0.25) is 0 Å². The number of ether oxygens (including phenoxy) is 1. The maximum absolute atomic E-state index is 13.2. The molecular weight excluding hydrogens is 318 g/mol. The first-order valence-corrected chi connectivity index (χ1v) is 8.46. The summed E-state index contributed by atoms with van der Waals surface area (Å²) in [6.45, 7) is 5.61. The first-order chi connectivity index (χ1) is 12.1. The van der Waals surface area contributed by atoms with Crippen molar-refractivity contribution in [3.8, 4) is 5.69 Å². The molecule has 130 valence electrons. The topological polar surface area (TPSA) is 65.2 Å². The quantitative estimate of drug-likeness (QED) is 0.719. The molecule has 3 aromatic rings. The molecule has 0 unspecified atom stereocenters. The fourth-order valence-corrected chi connectivity index (χ4v) is 3.33. The number of benzene rings is 1. The second-order valence-electron chi connectivity index (χ2n) is 6.30. The molecule has 1 fully saturated rings. The van der Waals surface area contributed by atoms with Gasteiger partial charge in [-0.1, -0.05) is 18.2 Å². The van der Waals surface area contributed by atoms with Gasteiger partial charge in [-0.15, -0.1) is 0 Å². The van der Waals surface area contributed by atoms with Gasteiger partial charge < -0.3 is 4.74 Å². The molecule has 1 saturated heterocycles. The van der Waals surface area contributed by atoms with Crippen molar-refractivity contribution in [2.75, 3.05) is 26.3 Å². The number of aryl methyl sites for hydroxylation is 2. The van der Waals surface area contributed by atoms with E-state index in [1.807, 2.05) is 37.3 Å². The highest BCUT2D eigenvalue weighted by Gasteiger charge is 2.20. The summed E-state index contributed by atoms with van der Waals surface area (Å²) in [5.41, 5.74) is 2.74. The Bertz CT molecular complexity index is 955. The molecule has 4 rings (SSSR count). The molecule has 2 aromatic heterocycles. The minimum absolute atomic E-state index is 0.0810. The van der Waals surface area contributed by atoms with Gasteiger partial charge in [0, 0.05) is 20.1 Å². The molecule has 0 radical (unpaired) electrons. The van der Waals surface area contributed by atoms with E-state index < -0.39 is 0 Å². The average Bonchev–Trinajstić information content (AvgIpc) is 2.91. The van der Waals surface area contributed by atoms with Crippen molar-refractivity contribution in [2.45, 2.75) is 13.5 Å². The minimum Gasteiger partial charge on any atom is -0.379 e. The number of rotatable bonds is 3. The largest absolute Gasteiger partial charge is 0.379 e. The molecule has 0 spiro atoms. The fraction of sp³-hybridized carbons (Fsp3) is 0.389. The molecule has 0 N–H and O–H groups in total. The summed E-state index contributed by atoms with van der Waals surface area (Å²) < 4.78 is 8.75. The minimum atomic E-state index is -0.0810. The van der Waals surface area contributed by atoms with Crippen LogP contribution in [-0.4, -0.2) is 50.5 Å². The lowest BCUT2D eigenvalue weighted by atomic mass is 10.2. The average molecular weight is 339 g/mol. The molecule has 0 saturated carbocycles. The fourth-order valence-electron chi connectivity index (χ4n) is 3.33. The molecule has 0 aliphatic carbocycles. The van der Waals surface area contributed by atoms with Crippen molar-refractivity contribution >= 4 is 11.0 Å². The summed E-state index contributed by atoms with van der Waals surface area (Å²) in [4.78, 5) is 20.3. The second-order valence-corrected chi connectivity index (χ2v) is 6.30. The number of morpholine rings is 1. The van der Waals surface area contributed by atoms with Crippen molar-refractivity contribution in [1.82, 2.24) is 24.2 Å². The van der Waals surface area contributed by atoms with Crippen LogP contribution in [0.4, 0.5) is 0 Å². The zero-order chi connectivity index (χ0) is 17.4. The number of aromatic nitrogens is 4. The molecule has 3 heterocycles. The van der Waals surface area contributed by atoms with Crippen LogP contribution in [0.25, 0.3) is 16.7 Å². The Morgan fingerprint density at radius 1 is 1.16 bits per heavy atom. The molecule has 7 nitrogen and oxygen atoms in total. The Kier molecular flexibility index (Phi) is 4.10. The van der Waals surface area contributed by atoms with E-state index in [9.17, 15) is 4.79 Å². The Balaban J connectivity index is 1.92. The van der Waals surface area contributed by atoms with Crippen LogP contribution in [0.15, 0.2) is 35.1 Å². The second kappa shape index (κ2) is 6.42. The van der Waals surface area contributed by atoms with Crippen LogP contribution in [0.1, 0.15) is 11.5 Å². The predicted octanol–water partition coefficient (Wildman–Crippen LogP) is 1.26. The molecule has 0 bridgehead atoms. The van der Waals surface area contributed by atoms with E-state index in [4.69, 9.17) is 9.72 Å². The van der Waals surface area contributed by atoms with E-state index >= 15 is 0 Å². The van der Waals surface area contributed by atoms with Gasteiger partial charge in [0.15, 0.2) is 5.52 Å². The first-order valence-electron chi connectivity index (χ1n) is 8.46. The number of nitrogens with zero attached hydrogens (tertiary/aromatic N) is 5. The summed E-state index contributed by atoms with van der Waals surface area (Å²) in [5, 5.41) is 4.38. The first kappa shape index (κ1) is 16.0. The predicted molar refractivity (Wildman–Crippen MR) is 94.9 cm³/mol. The zero-order valence-electron chi connectivity index (χ0n) is 14.5. The van der Waals surface area contributed by atoms with Gasteiger partial charge in [-0.3, -0.25) is 18.9 Å². The standard InChI is InChI=1S/C18H21N5O2/c1-13-16-17(21(2)20-13)18(24)23(14-6-4-3-5-7-14)15(19-16)12-22-8-10-25-11-9-22/h3-7H,8-12H2,1-2H3. The number of hydrogen-bond acceptors (Lipinski definition) is 5. The summed E-state index contributed by atoms with van der Waals surface area (Å²) in [6, 6.07) is 9.66. The van der Waals surface area contributed by atoms with Gasteiger partial charge in [0.1, 0.15) is 11.3 Å². The molecule has 0 amide bonds. The highest BCUT2D eigenvalue weighted by Crippen LogP contribution is 2.17. The summed E-state index contributed by atoms with van der Waals surface area (Å²) >= 11 is 0.